The lowest BCUT2D eigenvalue weighted by atomic mass is 10.1. The Balaban J connectivity index is 1.60. The zero-order chi connectivity index (χ0) is 19.9. The number of carbonyl (C=O) groups is 1. The van der Waals surface area contributed by atoms with Crippen LogP contribution in [0.5, 0.6) is 17.2 Å². The van der Waals surface area contributed by atoms with Crippen molar-refractivity contribution in [3.63, 3.8) is 0 Å². The van der Waals surface area contributed by atoms with Crippen LogP contribution in [0.1, 0.15) is 5.56 Å². The molecule has 3 aromatic carbocycles. The van der Waals surface area contributed by atoms with Crippen molar-refractivity contribution in [2.24, 2.45) is 0 Å². The SMILES string of the molecule is COc1cc(OC)c(OC)cc1CNC(=O)CSc1ccc2ccccc2c1. The van der Waals surface area contributed by atoms with Crippen LogP contribution in [0.4, 0.5) is 0 Å². The van der Waals surface area contributed by atoms with E-state index in [2.05, 4.69) is 29.6 Å². The van der Waals surface area contributed by atoms with Crippen LogP contribution in [0, 0.1) is 0 Å². The van der Waals surface area contributed by atoms with Gasteiger partial charge in [0.1, 0.15) is 5.75 Å². The van der Waals surface area contributed by atoms with Crippen LogP contribution in [0.3, 0.4) is 0 Å². The van der Waals surface area contributed by atoms with Gasteiger partial charge in [-0.2, -0.15) is 0 Å². The summed E-state index contributed by atoms with van der Waals surface area (Å²) in [5, 5.41) is 5.29. The summed E-state index contributed by atoms with van der Waals surface area (Å²) in [4.78, 5) is 13.4. The van der Waals surface area contributed by atoms with Crippen molar-refractivity contribution in [3.8, 4) is 17.2 Å². The van der Waals surface area contributed by atoms with Crippen molar-refractivity contribution >= 4 is 28.4 Å². The Hall–Kier alpha value is -2.86. The van der Waals surface area contributed by atoms with E-state index in [4.69, 9.17) is 14.2 Å². The number of hydrogen-bond acceptors (Lipinski definition) is 5. The van der Waals surface area contributed by atoms with Gasteiger partial charge >= 0.3 is 0 Å². The molecule has 0 spiro atoms. The number of hydrogen-bond donors (Lipinski definition) is 1. The first-order valence-corrected chi connectivity index (χ1v) is 9.80. The van der Waals surface area contributed by atoms with Crippen LogP contribution < -0.4 is 19.5 Å². The topological polar surface area (TPSA) is 56.8 Å². The van der Waals surface area contributed by atoms with E-state index in [0.29, 0.717) is 29.5 Å². The number of methoxy groups -OCH3 is 3. The molecule has 0 aliphatic heterocycles. The average Bonchev–Trinajstić information content (AvgIpc) is 2.75. The lowest BCUT2D eigenvalue weighted by Crippen LogP contribution is -2.24. The molecule has 146 valence electrons. The van der Waals surface area contributed by atoms with Gasteiger partial charge in [-0.25, -0.2) is 0 Å². The Morgan fingerprint density at radius 2 is 1.54 bits per heavy atom. The highest BCUT2D eigenvalue weighted by molar-refractivity contribution is 8.00. The highest BCUT2D eigenvalue weighted by atomic mass is 32.2. The van der Waals surface area contributed by atoms with Gasteiger partial charge in [0.05, 0.1) is 27.1 Å². The first-order valence-electron chi connectivity index (χ1n) is 8.81. The van der Waals surface area contributed by atoms with Gasteiger partial charge in [-0.3, -0.25) is 4.79 Å². The van der Waals surface area contributed by atoms with Gasteiger partial charge in [0.25, 0.3) is 0 Å². The summed E-state index contributed by atoms with van der Waals surface area (Å²) in [6.45, 7) is 0.348. The van der Waals surface area contributed by atoms with E-state index >= 15 is 0 Å². The maximum atomic E-state index is 12.3. The lowest BCUT2D eigenvalue weighted by Gasteiger charge is -2.14. The summed E-state index contributed by atoms with van der Waals surface area (Å²) in [5.41, 5.74) is 0.823. The largest absolute Gasteiger partial charge is 0.496 e. The molecular formula is C22H23NO4S. The molecule has 0 aromatic heterocycles. The molecule has 1 amide bonds. The fraction of sp³-hybridized carbons (Fsp3) is 0.227. The number of amides is 1. The third kappa shape index (κ3) is 4.70. The molecule has 0 unspecified atom stereocenters. The minimum absolute atomic E-state index is 0.0463. The number of thioether (sulfide) groups is 1. The van der Waals surface area contributed by atoms with Gasteiger partial charge in [0.15, 0.2) is 11.5 Å². The molecule has 0 atom stereocenters. The molecule has 28 heavy (non-hydrogen) atoms. The molecule has 3 aromatic rings. The number of fused-ring (bicyclic) bond motifs is 1. The molecule has 1 N–H and O–H groups in total. The standard InChI is InChI=1S/C22H23NO4S/c1-25-19-12-21(27-3)20(26-2)11-17(19)13-23-22(24)14-28-18-9-8-15-6-4-5-7-16(15)10-18/h4-12H,13-14H2,1-3H3,(H,23,24). The van der Waals surface area contributed by atoms with Crippen LogP contribution in [-0.2, 0) is 11.3 Å². The molecule has 6 heteroatoms. The molecule has 0 fully saturated rings. The second-order valence-electron chi connectivity index (χ2n) is 6.09. The second kappa shape index (κ2) is 9.37. The zero-order valence-corrected chi connectivity index (χ0v) is 17.0. The van der Waals surface area contributed by atoms with E-state index in [0.717, 1.165) is 10.5 Å². The predicted molar refractivity (Wildman–Crippen MR) is 113 cm³/mol. The third-order valence-corrected chi connectivity index (χ3v) is 5.35. The normalized spacial score (nSPS) is 10.5. The summed E-state index contributed by atoms with van der Waals surface area (Å²) in [5.74, 6) is 2.11. The van der Waals surface area contributed by atoms with Crippen molar-refractivity contribution < 1.29 is 19.0 Å². The molecule has 0 aliphatic carbocycles. The van der Waals surface area contributed by atoms with E-state index in [9.17, 15) is 4.79 Å². The van der Waals surface area contributed by atoms with Crippen molar-refractivity contribution in [1.82, 2.24) is 5.32 Å². The minimum Gasteiger partial charge on any atom is -0.496 e. The van der Waals surface area contributed by atoms with E-state index in [1.807, 2.05) is 24.3 Å². The summed E-state index contributed by atoms with van der Waals surface area (Å²) in [7, 11) is 4.73. The van der Waals surface area contributed by atoms with Crippen LogP contribution in [0.15, 0.2) is 59.5 Å². The van der Waals surface area contributed by atoms with Crippen LogP contribution in [-0.4, -0.2) is 33.0 Å². The number of carbonyl (C=O) groups excluding carboxylic acids is 1. The van der Waals surface area contributed by atoms with Crippen LogP contribution in [0.25, 0.3) is 10.8 Å². The lowest BCUT2D eigenvalue weighted by molar-refractivity contribution is -0.118. The Kier molecular flexibility index (Phi) is 6.66. The zero-order valence-electron chi connectivity index (χ0n) is 16.2. The summed E-state index contributed by atoms with van der Waals surface area (Å²) in [6.07, 6.45) is 0. The molecule has 3 rings (SSSR count). The van der Waals surface area contributed by atoms with Crippen LogP contribution >= 0.6 is 11.8 Å². The van der Waals surface area contributed by atoms with Crippen molar-refractivity contribution in [3.05, 3.63) is 60.2 Å². The van der Waals surface area contributed by atoms with Gasteiger partial charge in [0, 0.05) is 23.1 Å². The fourth-order valence-corrected chi connectivity index (χ4v) is 3.66. The quantitative estimate of drug-likeness (QED) is 0.575. The molecule has 5 nitrogen and oxygen atoms in total. The molecular weight excluding hydrogens is 374 g/mol. The van der Waals surface area contributed by atoms with Crippen molar-refractivity contribution in [1.29, 1.82) is 0 Å². The Labute approximate surface area is 169 Å². The highest BCUT2D eigenvalue weighted by Crippen LogP contribution is 2.34. The van der Waals surface area contributed by atoms with Gasteiger partial charge in [-0.15, -0.1) is 11.8 Å². The second-order valence-corrected chi connectivity index (χ2v) is 7.14. The van der Waals surface area contributed by atoms with Crippen molar-refractivity contribution in [2.75, 3.05) is 27.1 Å². The Morgan fingerprint density at radius 1 is 0.857 bits per heavy atom. The number of nitrogens with one attached hydrogen (secondary N) is 1. The van der Waals surface area contributed by atoms with E-state index < -0.39 is 0 Å². The molecule has 0 heterocycles. The number of ether oxygens (including phenoxy) is 3. The fourth-order valence-electron chi connectivity index (χ4n) is 2.88. The third-order valence-electron chi connectivity index (χ3n) is 4.35. The maximum absolute atomic E-state index is 12.3. The minimum atomic E-state index is -0.0463. The van der Waals surface area contributed by atoms with Gasteiger partial charge < -0.3 is 19.5 Å². The summed E-state index contributed by atoms with van der Waals surface area (Å²) < 4.78 is 16.0. The maximum Gasteiger partial charge on any atom is 0.230 e. The highest BCUT2D eigenvalue weighted by Gasteiger charge is 2.13. The Morgan fingerprint density at radius 3 is 2.25 bits per heavy atom. The molecule has 0 bridgehead atoms. The van der Waals surface area contributed by atoms with Gasteiger partial charge in [-0.05, 0) is 29.0 Å². The van der Waals surface area contributed by atoms with E-state index in [1.54, 1.807) is 27.4 Å². The molecule has 0 saturated heterocycles. The predicted octanol–water partition coefficient (Wildman–Crippen LogP) is 4.27. The van der Waals surface area contributed by atoms with Gasteiger partial charge in [0.2, 0.25) is 5.91 Å². The smallest absolute Gasteiger partial charge is 0.230 e. The van der Waals surface area contributed by atoms with Crippen LogP contribution in [0.2, 0.25) is 0 Å². The van der Waals surface area contributed by atoms with Crippen molar-refractivity contribution in [2.45, 2.75) is 11.4 Å². The number of rotatable bonds is 8. The Bertz CT molecular complexity index is 974. The molecule has 0 saturated carbocycles. The number of benzene rings is 3. The first-order chi connectivity index (χ1) is 13.6. The van der Waals surface area contributed by atoms with Gasteiger partial charge in [-0.1, -0.05) is 30.3 Å². The molecule has 0 radical (unpaired) electrons. The average molecular weight is 397 g/mol. The summed E-state index contributed by atoms with van der Waals surface area (Å²) in [6, 6.07) is 18.0. The summed E-state index contributed by atoms with van der Waals surface area (Å²) >= 11 is 1.51. The molecule has 0 aliphatic rings. The first kappa shape index (κ1) is 19.9. The van der Waals surface area contributed by atoms with E-state index in [-0.39, 0.29) is 5.91 Å². The van der Waals surface area contributed by atoms with E-state index in [1.165, 1.54) is 22.5 Å². The monoisotopic (exact) mass is 397 g/mol.